The standard InChI is InChI=1S/C17H20ClN3OS/c1-11(23-2)17(22)21-9-5-8-15(21)16-19-10-14(20-16)12-6-3-4-7-13(12)18/h3-4,6-7,10-11,15H,5,8-9H2,1-2H3,(H,19,20)/t11-,15-/m0/s1. The summed E-state index contributed by atoms with van der Waals surface area (Å²) in [5.74, 6) is 1.04. The second-order valence-electron chi connectivity index (χ2n) is 5.73. The van der Waals surface area contributed by atoms with Crippen molar-refractivity contribution in [3.05, 3.63) is 41.3 Å². The third-order valence-corrected chi connectivity index (χ3v) is 5.55. The van der Waals surface area contributed by atoms with Gasteiger partial charge < -0.3 is 9.88 Å². The number of aromatic amines is 1. The first-order valence-corrected chi connectivity index (χ1v) is 9.41. The van der Waals surface area contributed by atoms with E-state index in [0.29, 0.717) is 5.02 Å². The summed E-state index contributed by atoms with van der Waals surface area (Å²) in [4.78, 5) is 22.4. The van der Waals surface area contributed by atoms with Crippen molar-refractivity contribution in [1.82, 2.24) is 14.9 Å². The molecule has 2 aromatic rings. The minimum Gasteiger partial charge on any atom is -0.340 e. The van der Waals surface area contributed by atoms with Crippen molar-refractivity contribution in [2.45, 2.75) is 31.1 Å². The first kappa shape index (κ1) is 16.4. The molecule has 1 aliphatic heterocycles. The fraction of sp³-hybridized carbons (Fsp3) is 0.412. The summed E-state index contributed by atoms with van der Waals surface area (Å²) in [6.45, 7) is 2.76. The molecule has 1 aromatic carbocycles. The maximum absolute atomic E-state index is 12.5. The molecule has 2 atom stereocenters. The van der Waals surface area contributed by atoms with Crippen LogP contribution in [0.3, 0.4) is 0 Å². The SMILES string of the molecule is CS[C@@H](C)C(=O)N1CCC[C@H]1c1ncc(-c2ccccc2Cl)[nH]1. The van der Waals surface area contributed by atoms with Gasteiger partial charge in [0.1, 0.15) is 5.82 Å². The van der Waals surface area contributed by atoms with Gasteiger partial charge in [0.2, 0.25) is 5.91 Å². The number of nitrogens with zero attached hydrogens (tertiary/aromatic N) is 2. The van der Waals surface area contributed by atoms with E-state index < -0.39 is 0 Å². The van der Waals surface area contributed by atoms with Gasteiger partial charge in [0, 0.05) is 17.1 Å². The number of carbonyl (C=O) groups excluding carboxylic acids is 1. The molecule has 1 N–H and O–H groups in total. The van der Waals surface area contributed by atoms with Gasteiger partial charge in [0.25, 0.3) is 0 Å². The van der Waals surface area contributed by atoms with Crippen molar-refractivity contribution in [2.75, 3.05) is 12.8 Å². The Morgan fingerprint density at radius 1 is 1.48 bits per heavy atom. The molecule has 4 nitrogen and oxygen atoms in total. The molecule has 1 aliphatic rings. The largest absolute Gasteiger partial charge is 0.340 e. The average Bonchev–Trinajstić information content (AvgIpc) is 3.22. The molecule has 1 saturated heterocycles. The Bertz CT molecular complexity index is 703. The van der Waals surface area contributed by atoms with E-state index in [1.54, 1.807) is 18.0 Å². The van der Waals surface area contributed by atoms with Crippen LogP contribution in [-0.2, 0) is 4.79 Å². The molecule has 23 heavy (non-hydrogen) atoms. The minimum atomic E-state index is -0.0198. The fourth-order valence-corrected chi connectivity index (χ4v) is 3.55. The smallest absolute Gasteiger partial charge is 0.236 e. The van der Waals surface area contributed by atoms with Crippen molar-refractivity contribution in [2.24, 2.45) is 0 Å². The van der Waals surface area contributed by atoms with Crippen LogP contribution < -0.4 is 0 Å². The third-order valence-electron chi connectivity index (χ3n) is 4.31. The van der Waals surface area contributed by atoms with Crippen LogP contribution in [0.1, 0.15) is 31.6 Å². The molecular formula is C17H20ClN3OS. The van der Waals surface area contributed by atoms with E-state index in [1.807, 2.05) is 42.3 Å². The zero-order valence-electron chi connectivity index (χ0n) is 13.3. The highest BCUT2D eigenvalue weighted by molar-refractivity contribution is 7.99. The second-order valence-corrected chi connectivity index (χ2v) is 7.32. The molecule has 1 aromatic heterocycles. The van der Waals surface area contributed by atoms with Crippen molar-refractivity contribution in [3.63, 3.8) is 0 Å². The van der Waals surface area contributed by atoms with Crippen molar-refractivity contribution in [1.29, 1.82) is 0 Å². The van der Waals surface area contributed by atoms with Crippen LogP contribution in [0.5, 0.6) is 0 Å². The van der Waals surface area contributed by atoms with E-state index in [2.05, 4.69) is 9.97 Å². The molecule has 3 rings (SSSR count). The van der Waals surface area contributed by atoms with Crippen molar-refractivity contribution >= 4 is 29.3 Å². The Morgan fingerprint density at radius 2 is 2.26 bits per heavy atom. The van der Waals surface area contributed by atoms with Crippen LogP contribution >= 0.6 is 23.4 Å². The number of hydrogen-bond donors (Lipinski definition) is 1. The quantitative estimate of drug-likeness (QED) is 0.902. The number of imidazole rings is 1. The lowest BCUT2D eigenvalue weighted by atomic mass is 10.2. The van der Waals surface area contributed by atoms with Gasteiger partial charge in [-0.25, -0.2) is 4.98 Å². The number of rotatable bonds is 4. The zero-order chi connectivity index (χ0) is 16.4. The van der Waals surface area contributed by atoms with Gasteiger partial charge in [0.05, 0.1) is 23.2 Å². The predicted octanol–water partition coefficient (Wildman–Crippen LogP) is 4.15. The summed E-state index contributed by atoms with van der Waals surface area (Å²) in [6.07, 6.45) is 5.73. The van der Waals surface area contributed by atoms with E-state index in [1.165, 1.54) is 0 Å². The highest BCUT2D eigenvalue weighted by Gasteiger charge is 2.33. The van der Waals surface area contributed by atoms with Gasteiger partial charge in [-0.05, 0) is 32.1 Å². The number of carbonyl (C=O) groups is 1. The Balaban J connectivity index is 1.85. The van der Waals surface area contributed by atoms with Crippen LogP contribution in [0.2, 0.25) is 5.02 Å². The summed E-state index contributed by atoms with van der Waals surface area (Å²) >= 11 is 7.83. The number of thioether (sulfide) groups is 1. The summed E-state index contributed by atoms with van der Waals surface area (Å²) in [6, 6.07) is 7.72. The van der Waals surface area contributed by atoms with Crippen molar-refractivity contribution in [3.8, 4) is 11.3 Å². The number of H-pyrrole nitrogens is 1. The van der Waals surface area contributed by atoms with Gasteiger partial charge in [-0.2, -0.15) is 11.8 Å². The lowest BCUT2D eigenvalue weighted by Gasteiger charge is -2.25. The molecule has 1 amide bonds. The molecule has 0 aliphatic carbocycles. The molecule has 0 spiro atoms. The van der Waals surface area contributed by atoms with Crippen molar-refractivity contribution < 1.29 is 4.79 Å². The summed E-state index contributed by atoms with van der Waals surface area (Å²) in [5.41, 5.74) is 1.82. The average molecular weight is 350 g/mol. The second kappa shape index (κ2) is 6.97. The summed E-state index contributed by atoms with van der Waals surface area (Å²) in [7, 11) is 0. The topological polar surface area (TPSA) is 49.0 Å². The maximum Gasteiger partial charge on any atom is 0.236 e. The Kier molecular flexibility index (Phi) is 4.97. The predicted molar refractivity (Wildman–Crippen MR) is 95.7 cm³/mol. The zero-order valence-corrected chi connectivity index (χ0v) is 14.8. The number of nitrogens with one attached hydrogen (secondary N) is 1. The highest BCUT2D eigenvalue weighted by Crippen LogP contribution is 2.34. The number of benzene rings is 1. The van der Waals surface area contributed by atoms with E-state index in [0.717, 1.165) is 36.5 Å². The maximum atomic E-state index is 12.5. The molecule has 1 fully saturated rings. The molecule has 0 radical (unpaired) electrons. The van der Waals surface area contributed by atoms with Gasteiger partial charge in [-0.15, -0.1) is 0 Å². The molecule has 6 heteroatoms. The third kappa shape index (κ3) is 3.26. The van der Waals surface area contributed by atoms with E-state index in [4.69, 9.17) is 11.6 Å². The molecule has 0 bridgehead atoms. The number of amides is 1. The van der Waals surface area contributed by atoms with Crippen LogP contribution in [0.25, 0.3) is 11.3 Å². The monoisotopic (exact) mass is 349 g/mol. The Morgan fingerprint density at radius 3 is 3.00 bits per heavy atom. The summed E-state index contributed by atoms with van der Waals surface area (Å²) < 4.78 is 0. The van der Waals surface area contributed by atoms with E-state index in [-0.39, 0.29) is 17.2 Å². The van der Waals surface area contributed by atoms with Gasteiger partial charge >= 0.3 is 0 Å². The van der Waals surface area contributed by atoms with Crippen LogP contribution in [0.4, 0.5) is 0 Å². The molecule has 0 saturated carbocycles. The number of likely N-dealkylation sites (tertiary alicyclic amines) is 1. The lowest BCUT2D eigenvalue weighted by Crippen LogP contribution is -2.36. The van der Waals surface area contributed by atoms with E-state index in [9.17, 15) is 4.79 Å². The van der Waals surface area contributed by atoms with Gasteiger partial charge in [0.15, 0.2) is 0 Å². The molecular weight excluding hydrogens is 330 g/mol. The van der Waals surface area contributed by atoms with Gasteiger partial charge in [-0.3, -0.25) is 4.79 Å². The molecule has 122 valence electrons. The first-order chi connectivity index (χ1) is 11.1. The normalized spacial score (nSPS) is 19.1. The van der Waals surface area contributed by atoms with Crippen LogP contribution in [-0.4, -0.2) is 38.8 Å². The number of aromatic nitrogens is 2. The highest BCUT2D eigenvalue weighted by atomic mass is 35.5. The first-order valence-electron chi connectivity index (χ1n) is 7.75. The number of hydrogen-bond acceptors (Lipinski definition) is 3. The number of halogens is 1. The van der Waals surface area contributed by atoms with Gasteiger partial charge in [-0.1, -0.05) is 29.8 Å². The molecule has 0 unspecified atom stereocenters. The van der Waals surface area contributed by atoms with Crippen LogP contribution in [0.15, 0.2) is 30.5 Å². The van der Waals surface area contributed by atoms with E-state index >= 15 is 0 Å². The fourth-order valence-electron chi connectivity index (χ4n) is 2.97. The minimum absolute atomic E-state index is 0.0198. The Hall–Kier alpha value is -1.46. The Labute approximate surface area is 145 Å². The molecule has 2 heterocycles. The summed E-state index contributed by atoms with van der Waals surface area (Å²) in [5, 5.41) is 0.673. The van der Waals surface area contributed by atoms with Crippen LogP contribution in [0, 0.1) is 0 Å². The lowest BCUT2D eigenvalue weighted by molar-refractivity contribution is -0.131.